The van der Waals surface area contributed by atoms with Gasteiger partial charge in [-0.05, 0) is 37.0 Å². The molecular formula is C17H21FN2O3. The third-order valence-corrected chi connectivity index (χ3v) is 3.95. The molecule has 23 heavy (non-hydrogen) atoms. The monoisotopic (exact) mass is 320 g/mol. The van der Waals surface area contributed by atoms with Gasteiger partial charge in [-0.2, -0.15) is 0 Å². The quantitative estimate of drug-likeness (QED) is 0.889. The summed E-state index contributed by atoms with van der Waals surface area (Å²) in [6.45, 7) is 1.82. The number of imidazole rings is 1. The lowest BCUT2D eigenvalue weighted by molar-refractivity contribution is -0.163. The highest BCUT2D eigenvalue weighted by atomic mass is 19.1. The Morgan fingerprint density at radius 2 is 2.17 bits per heavy atom. The van der Waals surface area contributed by atoms with E-state index >= 15 is 0 Å². The largest absolute Gasteiger partial charge is 0.380 e. The van der Waals surface area contributed by atoms with Crippen molar-refractivity contribution in [3.63, 3.8) is 0 Å². The summed E-state index contributed by atoms with van der Waals surface area (Å²) in [4.78, 5) is 4.21. The lowest BCUT2D eigenvalue weighted by atomic mass is 10.1. The zero-order valence-electron chi connectivity index (χ0n) is 12.9. The first kappa shape index (κ1) is 16.1. The van der Waals surface area contributed by atoms with Gasteiger partial charge in [0.1, 0.15) is 17.7 Å². The number of ether oxygens (including phenoxy) is 2. The van der Waals surface area contributed by atoms with E-state index in [2.05, 4.69) is 4.98 Å². The van der Waals surface area contributed by atoms with Gasteiger partial charge in [-0.15, -0.1) is 0 Å². The Morgan fingerprint density at radius 1 is 1.35 bits per heavy atom. The summed E-state index contributed by atoms with van der Waals surface area (Å²) in [6, 6.07) is 5.78. The summed E-state index contributed by atoms with van der Waals surface area (Å²) in [7, 11) is 0. The highest BCUT2D eigenvalue weighted by molar-refractivity contribution is 5.23. The second-order valence-electron chi connectivity index (χ2n) is 5.60. The van der Waals surface area contributed by atoms with Gasteiger partial charge in [-0.3, -0.25) is 0 Å². The highest BCUT2D eigenvalue weighted by Gasteiger charge is 2.17. The average Bonchev–Trinajstić information content (AvgIpc) is 3.04. The maximum Gasteiger partial charge on any atom is 0.157 e. The van der Waals surface area contributed by atoms with Crippen LogP contribution in [0.25, 0.3) is 0 Å². The summed E-state index contributed by atoms with van der Waals surface area (Å²) in [5, 5.41) is 10.4. The molecule has 0 spiro atoms. The maximum atomic E-state index is 13.0. The normalized spacial score (nSPS) is 19.7. The first-order valence-electron chi connectivity index (χ1n) is 7.92. The van der Waals surface area contributed by atoms with Crippen LogP contribution in [-0.2, 0) is 16.0 Å². The number of aliphatic hydroxyl groups is 1. The van der Waals surface area contributed by atoms with Crippen molar-refractivity contribution in [3.8, 4) is 0 Å². The molecule has 2 heterocycles. The van der Waals surface area contributed by atoms with Gasteiger partial charge in [0.05, 0.1) is 6.61 Å². The van der Waals surface area contributed by atoms with Gasteiger partial charge in [-0.1, -0.05) is 12.1 Å². The van der Waals surface area contributed by atoms with E-state index in [1.165, 1.54) is 12.1 Å². The van der Waals surface area contributed by atoms with Gasteiger partial charge >= 0.3 is 0 Å². The number of benzene rings is 1. The van der Waals surface area contributed by atoms with E-state index in [1.54, 1.807) is 24.5 Å². The first-order valence-corrected chi connectivity index (χ1v) is 7.92. The number of hydrogen-bond donors (Lipinski definition) is 1. The summed E-state index contributed by atoms with van der Waals surface area (Å²) in [5.41, 5.74) is 0.607. The van der Waals surface area contributed by atoms with Gasteiger partial charge in [0.25, 0.3) is 0 Å². The molecule has 1 aliphatic rings. The first-order chi connectivity index (χ1) is 11.2. The number of halogens is 1. The van der Waals surface area contributed by atoms with Gasteiger partial charge in [0.15, 0.2) is 6.29 Å². The predicted molar refractivity (Wildman–Crippen MR) is 82.2 cm³/mol. The number of aromatic nitrogens is 2. The van der Waals surface area contributed by atoms with Crippen LogP contribution < -0.4 is 0 Å². The van der Waals surface area contributed by atoms with Gasteiger partial charge in [-0.25, -0.2) is 9.37 Å². The summed E-state index contributed by atoms with van der Waals surface area (Å²) in [6.07, 6.45) is 5.57. The second kappa shape index (κ2) is 7.68. The Kier molecular flexibility index (Phi) is 5.38. The minimum atomic E-state index is -0.892. The van der Waals surface area contributed by atoms with Gasteiger partial charge in [0.2, 0.25) is 0 Å². The van der Waals surface area contributed by atoms with Crippen molar-refractivity contribution in [2.75, 3.05) is 13.2 Å². The smallest absolute Gasteiger partial charge is 0.157 e. The number of rotatable bonds is 6. The number of nitrogens with zero attached hydrogens (tertiary/aromatic N) is 2. The van der Waals surface area contributed by atoms with Crippen molar-refractivity contribution >= 4 is 0 Å². The zero-order valence-corrected chi connectivity index (χ0v) is 12.9. The van der Waals surface area contributed by atoms with E-state index < -0.39 is 6.10 Å². The molecule has 1 aromatic carbocycles. The van der Waals surface area contributed by atoms with Crippen LogP contribution >= 0.6 is 0 Å². The maximum absolute atomic E-state index is 13.0. The van der Waals surface area contributed by atoms with E-state index in [1.807, 2.05) is 4.57 Å². The van der Waals surface area contributed by atoms with E-state index in [4.69, 9.17) is 9.47 Å². The van der Waals surface area contributed by atoms with Crippen LogP contribution in [0.5, 0.6) is 0 Å². The highest BCUT2D eigenvalue weighted by Crippen LogP contribution is 2.21. The molecule has 1 aliphatic heterocycles. The van der Waals surface area contributed by atoms with E-state index in [0.717, 1.165) is 25.9 Å². The molecule has 0 bridgehead atoms. The van der Waals surface area contributed by atoms with Crippen molar-refractivity contribution < 1.29 is 19.0 Å². The van der Waals surface area contributed by atoms with Crippen LogP contribution in [0.2, 0.25) is 0 Å². The average molecular weight is 320 g/mol. The van der Waals surface area contributed by atoms with Crippen LogP contribution in [0.15, 0.2) is 36.7 Å². The zero-order chi connectivity index (χ0) is 16.1. The fourth-order valence-electron chi connectivity index (χ4n) is 2.68. The molecule has 0 saturated carbocycles. The molecule has 5 nitrogen and oxygen atoms in total. The van der Waals surface area contributed by atoms with E-state index in [0.29, 0.717) is 24.5 Å². The third-order valence-electron chi connectivity index (χ3n) is 3.95. The van der Waals surface area contributed by atoms with Crippen molar-refractivity contribution in [1.82, 2.24) is 9.55 Å². The molecule has 1 fully saturated rings. The molecule has 124 valence electrons. The minimum Gasteiger partial charge on any atom is -0.380 e. The molecule has 2 aromatic rings. The molecule has 1 saturated heterocycles. The van der Waals surface area contributed by atoms with Crippen LogP contribution in [0.3, 0.4) is 0 Å². The Bertz CT molecular complexity index is 609. The Hall–Kier alpha value is -1.76. The topological polar surface area (TPSA) is 56.5 Å². The van der Waals surface area contributed by atoms with Crippen molar-refractivity contribution in [2.24, 2.45) is 0 Å². The van der Waals surface area contributed by atoms with Crippen molar-refractivity contribution in [1.29, 1.82) is 0 Å². The van der Waals surface area contributed by atoms with Crippen LogP contribution in [0, 0.1) is 5.82 Å². The predicted octanol–water partition coefficient (Wildman–Crippen LogP) is 2.65. The molecule has 2 atom stereocenters. The van der Waals surface area contributed by atoms with Crippen molar-refractivity contribution in [2.45, 2.75) is 38.2 Å². The van der Waals surface area contributed by atoms with Gasteiger partial charge in [0, 0.05) is 25.5 Å². The molecule has 1 aromatic heterocycles. The molecule has 0 amide bonds. The molecule has 0 unspecified atom stereocenters. The lowest BCUT2D eigenvalue weighted by Crippen LogP contribution is -2.24. The molecule has 3 rings (SSSR count). The Labute approximate surface area is 134 Å². The van der Waals surface area contributed by atoms with Gasteiger partial charge < -0.3 is 19.1 Å². The van der Waals surface area contributed by atoms with Crippen LogP contribution in [0.4, 0.5) is 4.39 Å². The second-order valence-corrected chi connectivity index (χ2v) is 5.60. The molecule has 1 N–H and O–H groups in total. The Morgan fingerprint density at radius 3 is 2.91 bits per heavy atom. The molecule has 6 heteroatoms. The molecule has 0 aliphatic carbocycles. The standard InChI is InChI=1S/C17H21FN2O3/c18-14-6-4-13(5-7-14)16(21)17-19-8-9-20(17)10-12-23-15-3-1-2-11-22-15/h4-9,15-16,21H,1-3,10-12H2/t15-,16-/m1/s1. The van der Waals surface area contributed by atoms with Crippen LogP contribution in [0.1, 0.15) is 36.8 Å². The van der Waals surface area contributed by atoms with Crippen LogP contribution in [-0.4, -0.2) is 34.2 Å². The van der Waals surface area contributed by atoms with Crippen molar-refractivity contribution in [3.05, 3.63) is 53.9 Å². The SMILES string of the molecule is O[C@H](c1ccc(F)cc1)c1nccn1CCO[C@@H]1CCCCO1. The fraction of sp³-hybridized carbons (Fsp3) is 0.471. The van der Waals surface area contributed by atoms with E-state index in [9.17, 15) is 9.50 Å². The van der Waals surface area contributed by atoms with E-state index in [-0.39, 0.29) is 12.1 Å². The molecular weight excluding hydrogens is 299 g/mol. The third kappa shape index (κ3) is 4.16. The molecule has 0 radical (unpaired) electrons. The summed E-state index contributed by atoms with van der Waals surface area (Å²) >= 11 is 0. The summed E-state index contributed by atoms with van der Waals surface area (Å²) in [5.74, 6) is 0.190. The summed E-state index contributed by atoms with van der Waals surface area (Å²) < 4.78 is 26.1. The number of aliphatic hydroxyl groups excluding tert-OH is 1. The number of hydrogen-bond acceptors (Lipinski definition) is 4. The Balaban J connectivity index is 1.59. The minimum absolute atomic E-state index is 0.127. The lowest BCUT2D eigenvalue weighted by Gasteiger charge is -2.23. The fourth-order valence-corrected chi connectivity index (χ4v) is 2.68.